The van der Waals surface area contributed by atoms with Crippen LogP contribution < -0.4 is 10.6 Å². The molecule has 80 valence electrons. The minimum absolute atomic E-state index is 0.665. The monoisotopic (exact) mass is 203 g/mol. The van der Waals surface area contributed by atoms with Crippen molar-refractivity contribution in [3.8, 4) is 0 Å². The highest BCUT2D eigenvalue weighted by Crippen LogP contribution is 2.23. The number of hydrogen-bond acceptors (Lipinski definition) is 3. The summed E-state index contributed by atoms with van der Waals surface area (Å²) in [5.74, 6) is 0.665. The van der Waals surface area contributed by atoms with Crippen molar-refractivity contribution in [2.24, 2.45) is 10.7 Å². The lowest BCUT2D eigenvalue weighted by Gasteiger charge is -2.28. The Kier molecular flexibility index (Phi) is 2.90. The molecule has 0 saturated carbocycles. The molecule has 0 bridgehead atoms. The second kappa shape index (κ2) is 4.34. The molecule has 0 unspecified atom stereocenters. The SMILES string of the molecule is CCCCN1CN=C(N)c2ccccc21. The molecule has 0 fully saturated rings. The molecule has 0 radical (unpaired) electrons. The molecule has 1 aliphatic heterocycles. The number of para-hydroxylation sites is 1. The highest BCUT2D eigenvalue weighted by Gasteiger charge is 2.16. The van der Waals surface area contributed by atoms with Crippen LogP contribution in [0.3, 0.4) is 0 Å². The first-order valence-electron chi connectivity index (χ1n) is 5.47. The van der Waals surface area contributed by atoms with Crippen LogP contribution in [-0.2, 0) is 0 Å². The summed E-state index contributed by atoms with van der Waals surface area (Å²) in [7, 11) is 0. The zero-order chi connectivity index (χ0) is 10.7. The highest BCUT2D eigenvalue weighted by atomic mass is 15.2. The van der Waals surface area contributed by atoms with Crippen LogP contribution >= 0.6 is 0 Å². The van der Waals surface area contributed by atoms with Crippen molar-refractivity contribution in [3.63, 3.8) is 0 Å². The molecule has 3 heteroatoms. The van der Waals surface area contributed by atoms with Crippen LogP contribution in [0, 0.1) is 0 Å². The average molecular weight is 203 g/mol. The van der Waals surface area contributed by atoms with Gasteiger partial charge in [0.15, 0.2) is 0 Å². The predicted molar refractivity (Wildman–Crippen MR) is 64.3 cm³/mol. The van der Waals surface area contributed by atoms with E-state index in [4.69, 9.17) is 5.73 Å². The van der Waals surface area contributed by atoms with Gasteiger partial charge in [0.1, 0.15) is 12.5 Å². The maximum Gasteiger partial charge on any atom is 0.129 e. The number of anilines is 1. The van der Waals surface area contributed by atoms with Gasteiger partial charge in [-0.15, -0.1) is 0 Å². The lowest BCUT2D eigenvalue weighted by Crippen LogP contribution is -2.33. The minimum Gasteiger partial charge on any atom is -0.383 e. The van der Waals surface area contributed by atoms with Gasteiger partial charge in [-0.3, -0.25) is 0 Å². The Bertz CT molecular complexity index is 371. The van der Waals surface area contributed by atoms with Gasteiger partial charge in [-0.2, -0.15) is 0 Å². The number of amidine groups is 1. The quantitative estimate of drug-likeness (QED) is 0.816. The summed E-state index contributed by atoms with van der Waals surface area (Å²) in [5, 5.41) is 0. The highest BCUT2D eigenvalue weighted by molar-refractivity contribution is 6.03. The standard InChI is InChI=1S/C12H17N3/c1-2-3-8-15-9-14-12(13)10-6-4-5-7-11(10)15/h4-7H,2-3,8-9H2,1H3,(H2,13,14). The molecule has 1 heterocycles. The van der Waals surface area contributed by atoms with Gasteiger partial charge in [-0.1, -0.05) is 25.5 Å². The molecule has 0 atom stereocenters. The van der Waals surface area contributed by atoms with Crippen molar-refractivity contribution in [2.45, 2.75) is 19.8 Å². The van der Waals surface area contributed by atoms with Gasteiger partial charge in [-0.05, 0) is 18.6 Å². The first-order valence-corrected chi connectivity index (χ1v) is 5.47. The van der Waals surface area contributed by atoms with Crippen molar-refractivity contribution in [3.05, 3.63) is 29.8 Å². The number of aliphatic imine (C=N–C) groups is 1. The Hall–Kier alpha value is -1.51. The fraction of sp³-hybridized carbons (Fsp3) is 0.417. The van der Waals surface area contributed by atoms with Crippen molar-refractivity contribution >= 4 is 11.5 Å². The van der Waals surface area contributed by atoms with Gasteiger partial charge >= 0.3 is 0 Å². The summed E-state index contributed by atoms with van der Waals surface area (Å²) in [5.41, 5.74) is 8.15. The lowest BCUT2D eigenvalue weighted by atomic mass is 10.1. The number of nitrogens with two attached hydrogens (primary N) is 1. The fourth-order valence-electron chi connectivity index (χ4n) is 1.83. The van der Waals surface area contributed by atoms with E-state index in [0.29, 0.717) is 12.5 Å². The summed E-state index contributed by atoms with van der Waals surface area (Å²) in [6.45, 7) is 3.96. The number of fused-ring (bicyclic) bond motifs is 1. The topological polar surface area (TPSA) is 41.6 Å². The molecule has 0 saturated heterocycles. The molecule has 15 heavy (non-hydrogen) atoms. The Morgan fingerprint density at radius 3 is 3.00 bits per heavy atom. The molecule has 2 N–H and O–H groups in total. The van der Waals surface area contributed by atoms with E-state index in [1.165, 1.54) is 18.5 Å². The molecule has 0 aromatic heterocycles. The molecule has 2 rings (SSSR count). The third-order valence-electron chi connectivity index (χ3n) is 2.71. The van der Waals surface area contributed by atoms with Crippen LogP contribution in [0.15, 0.2) is 29.3 Å². The zero-order valence-corrected chi connectivity index (χ0v) is 9.11. The molecule has 1 aliphatic rings. The summed E-state index contributed by atoms with van der Waals surface area (Å²) in [4.78, 5) is 6.61. The van der Waals surface area contributed by atoms with Gasteiger partial charge < -0.3 is 10.6 Å². The van der Waals surface area contributed by atoms with Crippen molar-refractivity contribution in [1.82, 2.24) is 0 Å². The largest absolute Gasteiger partial charge is 0.383 e. The average Bonchev–Trinajstić information content (AvgIpc) is 2.29. The Morgan fingerprint density at radius 2 is 2.20 bits per heavy atom. The second-order valence-corrected chi connectivity index (χ2v) is 3.82. The van der Waals surface area contributed by atoms with Crippen LogP contribution in [0.5, 0.6) is 0 Å². The number of nitrogens with zero attached hydrogens (tertiary/aromatic N) is 2. The Balaban J connectivity index is 2.25. The summed E-state index contributed by atoms with van der Waals surface area (Å²) in [6, 6.07) is 8.21. The maximum atomic E-state index is 5.86. The third-order valence-corrected chi connectivity index (χ3v) is 2.71. The maximum absolute atomic E-state index is 5.86. The normalized spacial score (nSPS) is 14.7. The molecule has 0 spiro atoms. The van der Waals surface area contributed by atoms with E-state index < -0.39 is 0 Å². The van der Waals surface area contributed by atoms with Gasteiger partial charge in [0, 0.05) is 17.8 Å². The van der Waals surface area contributed by atoms with E-state index in [9.17, 15) is 0 Å². The van der Waals surface area contributed by atoms with Crippen LogP contribution in [0.2, 0.25) is 0 Å². The Labute approximate surface area is 90.6 Å². The van der Waals surface area contributed by atoms with Crippen molar-refractivity contribution < 1.29 is 0 Å². The molecule has 3 nitrogen and oxygen atoms in total. The molecule has 0 aliphatic carbocycles. The molecule has 1 aromatic carbocycles. The van der Waals surface area contributed by atoms with Gasteiger partial charge in [0.25, 0.3) is 0 Å². The Morgan fingerprint density at radius 1 is 1.40 bits per heavy atom. The molecular formula is C12H17N3. The van der Waals surface area contributed by atoms with E-state index >= 15 is 0 Å². The van der Waals surface area contributed by atoms with E-state index in [1.54, 1.807) is 0 Å². The predicted octanol–water partition coefficient (Wildman–Crippen LogP) is 1.97. The number of hydrogen-bond donors (Lipinski definition) is 1. The second-order valence-electron chi connectivity index (χ2n) is 3.82. The van der Waals surface area contributed by atoms with Gasteiger partial charge in [0.05, 0.1) is 0 Å². The van der Waals surface area contributed by atoms with E-state index in [-0.39, 0.29) is 0 Å². The van der Waals surface area contributed by atoms with Gasteiger partial charge in [-0.25, -0.2) is 4.99 Å². The zero-order valence-electron chi connectivity index (χ0n) is 9.11. The fourth-order valence-corrected chi connectivity index (χ4v) is 1.83. The van der Waals surface area contributed by atoms with Crippen molar-refractivity contribution in [2.75, 3.05) is 18.1 Å². The van der Waals surface area contributed by atoms with Crippen LogP contribution in [0.1, 0.15) is 25.3 Å². The third kappa shape index (κ3) is 1.96. The first kappa shape index (κ1) is 10.0. The summed E-state index contributed by atoms with van der Waals surface area (Å²) >= 11 is 0. The lowest BCUT2D eigenvalue weighted by molar-refractivity contribution is 0.719. The van der Waals surface area contributed by atoms with Crippen LogP contribution in [0.4, 0.5) is 5.69 Å². The molecule has 0 amide bonds. The van der Waals surface area contributed by atoms with Crippen LogP contribution in [0.25, 0.3) is 0 Å². The van der Waals surface area contributed by atoms with Crippen LogP contribution in [-0.4, -0.2) is 19.0 Å². The molecule has 1 aromatic rings. The summed E-state index contributed by atoms with van der Waals surface area (Å²) < 4.78 is 0. The smallest absolute Gasteiger partial charge is 0.129 e. The van der Waals surface area contributed by atoms with Gasteiger partial charge in [0.2, 0.25) is 0 Å². The minimum atomic E-state index is 0.665. The first-order chi connectivity index (χ1) is 7.33. The van der Waals surface area contributed by atoms with Crippen molar-refractivity contribution in [1.29, 1.82) is 0 Å². The van der Waals surface area contributed by atoms with E-state index in [2.05, 4.69) is 28.9 Å². The number of unbranched alkanes of at least 4 members (excludes halogenated alkanes) is 1. The van der Waals surface area contributed by atoms with E-state index in [1.807, 2.05) is 12.1 Å². The van der Waals surface area contributed by atoms with E-state index in [0.717, 1.165) is 12.1 Å². The molecular weight excluding hydrogens is 186 g/mol. The summed E-state index contributed by atoms with van der Waals surface area (Å²) in [6.07, 6.45) is 2.40. The number of benzene rings is 1. The number of rotatable bonds is 3.